The molecule has 0 radical (unpaired) electrons. The summed E-state index contributed by atoms with van der Waals surface area (Å²) in [6.45, 7) is 12.5. The maximum Gasteiger partial charge on any atom is 0.341 e. The lowest BCUT2D eigenvalue weighted by molar-refractivity contribution is -0.139. The van der Waals surface area contributed by atoms with Crippen LogP contribution in [0.4, 0.5) is 11.4 Å². The van der Waals surface area contributed by atoms with Crippen LogP contribution in [0.15, 0.2) is 51.1 Å². The molecule has 0 atom stereocenters. The first kappa shape index (κ1) is 30.6. The predicted octanol–water partition coefficient (Wildman–Crippen LogP) is 6.97. The van der Waals surface area contributed by atoms with E-state index in [-0.39, 0.29) is 0 Å². The molecule has 3 heterocycles. The second-order valence-corrected chi connectivity index (χ2v) is 10.7. The highest BCUT2D eigenvalue weighted by molar-refractivity contribution is 5.86. The number of aliphatic imine (C=N–C) groups is 2. The Morgan fingerprint density at radius 2 is 1.57 bits per heavy atom. The second-order valence-electron chi connectivity index (χ2n) is 10.7. The van der Waals surface area contributed by atoms with Gasteiger partial charge in [-0.2, -0.15) is 0 Å². The number of H-pyrrole nitrogens is 2. The summed E-state index contributed by atoms with van der Waals surface area (Å²) >= 11 is 0. The van der Waals surface area contributed by atoms with E-state index in [1.807, 2.05) is 12.3 Å². The lowest BCUT2D eigenvalue weighted by Crippen LogP contribution is -2.09. The highest BCUT2D eigenvalue weighted by Gasteiger charge is 2.20. The fourth-order valence-electron chi connectivity index (χ4n) is 5.98. The van der Waals surface area contributed by atoms with Crippen LogP contribution >= 0.6 is 0 Å². The van der Waals surface area contributed by atoms with Crippen LogP contribution in [0.1, 0.15) is 86.1 Å². The number of aromatic amines is 2. The molecule has 0 saturated carbocycles. The van der Waals surface area contributed by atoms with E-state index in [2.05, 4.69) is 51.5 Å². The number of hydrogen-bond acceptors (Lipinski definition) is 5. The van der Waals surface area contributed by atoms with Gasteiger partial charge >= 0.3 is 5.97 Å². The van der Waals surface area contributed by atoms with Crippen LogP contribution in [-0.2, 0) is 36.9 Å². The first-order chi connectivity index (χ1) is 20.2. The van der Waals surface area contributed by atoms with Crippen molar-refractivity contribution in [1.29, 1.82) is 0 Å². The zero-order valence-corrected chi connectivity index (χ0v) is 25.6. The van der Waals surface area contributed by atoms with E-state index in [0.29, 0.717) is 23.5 Å². The van der Waals surface area contributed by atoms with Crippen molar-refractivity contribution in [1.82, 2.24) is 9.97 Å². The van der Waals surface area contributed by atoms with Gasteiger partial charge in [0.15, 0.2) is 6.61 Å². The number of ether oxygens (including phenoxy) is 1. The van der Waals surface area contributed by atoms with Crippen molar-refractivity contribution in [3.05, 3.63) is 86.1 Å². The molecule has 1 aromatic carbocycles. The molecular weight excluding hydrogens is 526 g/mol. The van der Waals surface area contributed by atoms with Crippen LogP contribution in [0.25, 0.3) is 0 Å². The van der Waals surface area contributed by atoms with Gasteiger partial charge in [-0.05, 0) is 91.1 Å². The topological polar surface area (TPSA) is 129 Å². The summed E-state index contributed by atoms with van der Waals surface area (Å²) in [6.07, 6.45) is 10.6. The van der Waals surface area contributed by atoms with Crippen molar-refractivity contribution in [2.75, 3.05) is 6.61 Å². The number of nitrogens with zero attached hydrogens (tertiary/aromatic N) is 2. The third-order valence-corrected chi connectivity index (χ3v) is 8.08. The number of aliphatic carboxylic acids is 1. The molecule has 222 valence electrons. The summed E-state index contributed by atoms with van der Waals surface area (Å²) in [5, 5.41) is 9.05. The second kappa shape index (κ2) is 13.6. The number of carboxylic acid groups (broad SMARTS) is 1. The van der Waals surface area contributed by atoms with Crippen molar-refractivity contribution < 1.29 is 14.6 Å². The summed E-state index contributed by atoms with van der Waals surface area (Å²) in [7, 11) is 0. The van der Waals surface area contributed by atoms with Gasteiger partial charge in [-0.15, -0.1) is 0 Å². The van der Waals surface area contributed by atoms with Crippen LogP contribution in [0.2, 0.25) is 0 Å². The third-order valence-electron chi connectivity index (χ3n) is 8.08. The Labute approximate surface area is 248 Å². The summed E-state index contributed by atoms with van der Waals surface area (Å²) in [4.78, 5) is 28.0. The zero-order valence-electron chi connectivity index (χ0n) is 25.6. The predicted molar refractivity (Wildman–Crippen MR) is 171 cm³/mol. The number of carboxylic acids is 1. The van der Waals surface area contributed by atoms with Crippen molar-refractivity contribution in [2.45, 2.75) is 80.1 Å². The summed E-state index contributed by atoms with van der Waals surface area (Å²) in [6, 6.07) is 5.22. The molecule has 5 N–H and O–H groups in total. The number of carbonyl (C=O) groups is 1. The fraction of sp³-hybridized carbons (Fsp3) is 0.382. The Hall–Kier alpha value is -4.33. The number of hydrogen-bond donors (Lipinski definition) is 4. The Morgan fingerprint density at radius 3 is 2.21 bits per heavy atom. The van der Waals surface area contributed by atoms with Gasteiger partial charge in [0, 0.05) is 47.9 Å². The molecule has 4 rings (SSSR count). The maximum absolute atomic E-state index is 11.0. The van der Waals surface area contributed by atoms with E-state index in [9.17, 15) is 4.79 Å². The largest absolute Gasteiger partial charge is 0.482 e. The SMILES string of the molecule is CCC1=C(\N)Cc2[nH]c(c(CC)c2CC)Cc2[nH]c(c(C)c2CC)/C=N/c2ccc(OCC(=O)O)cc2\N=C/C=C/1C. The highest BCUT2D eigenvalue weighted by Crippen LogP contribution is 2.33. The number of nitrogens with one attached hydrogen (secondary N) is 2. The van der Waals surface area contributed by atoms with Crippen LogP contribution in [0, 0.1) is 6.92 Å². The van der Waals surface area contributed by atoms with E-state index in [0.717, 1.165) is 54.6 Å². The number of aromatic nitrogens is 2. The number of rotatable bonds is 7. The summed E-state index contributed by atoms with van der Waals surface area (Å²) < 4.78 is 5.42. The van der Waals surface area contributed by atoms with E-state index in [1.54, 1.807) is 24.4 Å². The van der Waals surface area contributed by atoms with E-state index in [4.69, 9.17) is 25.6 Å². The molecule has 3 aromatic rings. The first-order valence-corrected chi connectivity index (χ1v) is 14.8. The van der Waals surface area contributed by atoms with Gasteiger partial charge in [0.2, 0.25) is 0 Å². The molecule has 0 fully saturated rings. The van der Waals surface area contributed by atoms with Gasteiger partial charge in [-0.3, -0.25) is 9.98 Å². The Kier molecular flexibility index (Phi) is 9.88. The lowest BCUT2D eigenvalue weighted by Gasteiger charge is -2.12. The quantitative estimate of drug-likeness (QED) is 0.245. The maximum atomic E-state index is 11.0. The molecule has 0 amide bonds. The first-order valence-electron chi connectivity index (χ1n) is 14.8. The molecule has 42 heavy (non-hydrogen) atoms. The van der Waals surface area contributed by atoms with Crippen LogP contribution in [0.5, 0.6) is 5.75 Å². The van der Waals surface area contributed by atoms with Crippen molar-refractivity contribution in [3.8, 4) is 5.75 Å². The van der Waals surface area contributed by atoms with Gasteiger partial charge in [0.25, 0.3) is 0 Å². The lowest BCUT2D eigenvalue weighted by atomic mass is 9.96. The standard InChI is InChI=1S/C34H43N5O3/c1-7-23-20(5)13-14-36-32-15-22(42-19-34(40)41)11-12-28(32)37-18-33-21(6)24(8-2)30(39-33)17-31-26(10-4)25(9-3)29(38-31)16-27(23)35/h11-15,18,38-39H,7-10,16-17,19,35H2,1-6H3,(H,40,41)/b20-13+,27-23-,36-14-,37-18+. The Balaban J connectivity index is 1.90. The van der Waals surface area contributed by atoms with Crippen molar-refractivity contribution in [3.63, 3.8) is 0 Å². The van der Waals surface area contributed by atoms with E-state index in [1.165, 1.54) is 39.3 Å². The molecule has 2 aromatic heterocycles. The molecule has 0 unspecified atom stereocenters. The van der Waals surface area contributed by atoms with Crippen LogP contribution < -0.4 is 10.5 Å². The number of benzene rings is 1. The Morgan fingerprint density at radius 1 is 0.905 bits per heavy atom. The van der Waals surface area contributed by atoms with Gasteiger partial charge < -0.3 is 25.5 Å². The van der Waals surface area contributed by atoms with E-state index >= 15 is 0 Å². The van der Waals surface area contributed by atoms with Crippen molar-refractivity contribution in [2.24, 2.45) is 15.7 Å². The summed E-state index contributed by atoms with van der Waals surface area (Å²) in [5.74, 6) is -0.623. The minimum atomic E-state index is -1.04. The van der Waals surface area contributed by atoms with Crippen LogP contribution in [0.3, 0.4) is 0 Å². The minimum absolute atomic E-state index is 0.416. The normalized spacial score (nSPS) is 18.4. The average molecular weight is 570 g/mol. The van der Waals surface area contributed by atoms with Gasteiger partial charge in [0.05, 0.1) is 23.3 Å². The van der Waals surface area contributed by atoms with Gasteiger partial charge in [0.1, 0.15) is 5.75 Å². The molecule has 0 saturated heterocycles. The molecule has 1 aliphatic rings. The monoisotopic (exact) mass is 569 g/mol. The molecule has 4 bridgehead atoms. The smallest absolute Gasteiger partial charge is 0.341 e. The average Bonchev–Trinajstić information content (AvgIpc) is 3.45. The molecule has 0 spiro atoms. The molecule has 8 nitrogen and oxygen atoms in total. The third kappa shape index (κ3) is 6.59. The Bertz CT molecular complexity index is 1580. The summed E-state index contributed by atoms with van der Waals surface area (Å²) in [5.41, 5.74) is 20.8. The van der Waals surface area contributed by atoms with E-state index < -0.39 is 12.6 Å². The minimum Gasteiger partial charge on any atom is -0.482 e. The zero-order chi connectivity index (χ0) is 30.4. The number of allylic oxidation sites excluding steroid dienone is 4. The van der Waals surface area contributed by atoms with Gasteiger partial charge in [-0.1, -0.05) is 27.7 Å². The molecule has 0 aliphatic carbocycles. The molecule has 1 aliphatic heterocycles. The fourth-order valence-corrected chi connectivity index (χ4v) is 5.98. The molecule has 8 heteroatoms. The highest BCUT2D eigenvalue weighted by atomic mass is 16.5. The van der Waals surface area contributed by atoms with Gasteiger partial charge in [-0.25, -0.2) is 4.79 Å². The number of nitrogens with two attached hydrogens (primary N) is 1. The van der Waals surface area contributed by atoms with Crippen LogP contribution in [-0.4, -0.2) is 40.1 Å². The number of fused-ring (bicyclic) bond motifs is 5. The van der Waals surface area contributed by atoms with Crippen molar-refractivity contribution >= 4 is 29.8 Å². The molecular formula is C34H43N5O3.